The molecule has 0 aliphatic carbocycles. The predicted molar refractivity (Wildman–Crippen MR) is 93.9 cm³/mol. The summed E-state index contributed by atoms with van der Waals surface area (Å²) in [5.74, 6) is -0.173. The molecule has 1 heterocycles. The third-order valence-electron chi connectivity index (χ3n) is 3.84. The van der Waals surface area contributed by atoms with E-state index in [-0.39, 0.29) is 18.0 Å². The van der Waals surface area contributed by atoms with E-state index >= 15 is 0 Å². The Labute approximate surface area is 144 Å². The zero-order valence-corrected chi connectivity index (χ0v) is 13.9. The van der Waals surface area contributed by atoms with Crippen LogP contribution in [0, 0.1) is 0 Å². The third kappa shape index (κ3) is 3.31. The van der Waals surface area contributed by atoms with Gasteiger partial charge in [-0.05, 0) is 23.8 Å². The van der Waals surface area contributed by atoms with Gasteiger partial charge in [0.25, 0.3) is 5.56 Å². The van der Waals surface area contributed by atoms with E-state index in [1.165, 1.54) is 10.8 Å². The highest BCUT2D eigenvalue weighted by Gasteiger charge is 2.14. The largest absolute Gasteiger partial charge is 0.340 e. The van der Waals surface area contributed by atoms with Crippen molar-refractivity contribution in [1.29, 1.82) is 0 Å². The Kier molecular flexibility index (Phi) is 4.62. The van der Waals surface area contributed by atoms with Gasteiger partial charge in [-0.2, -0.15) is 0 Å². The van der Waals surface area contributed by atoms with Gasteiger partial charge in [0.2, 0.25) is 5.91 Å². The number of aromatic nitrogens is 2. The average molecular weight is 342 g/mol. The van der Waals surface area contributed by atoms with Crippen molar-refractivity contribution in [2.24, 2.45) is 0 Å². The van der Waals surface area contributed by atoms with Crippen LogP contribution in [0.1, 0.15) is 5.56 Å². The molecule has 0 fully saturated rings. The molecular formula is C18H16ClN3O2. The number of halogens is 1. The molecule has 122 valence electrons. The van der Waals surface area contributed by atoms with Crippen LogP contribution in [0.25, 0.3) is 11.0 Å². The number of fused-ring (bicyclic) bond motifs is 1. The summed E-state index contributed by atoms with van der Waals surface area (Å²) in [6.07, 6.45) is 1.24. The lowest BCUT2D eigenvalue weighted by Gasteiger charge is -2.19. The Morgan fingerprint density at radius 1 is 1.17 bits per heavy atom. The molecule has 0 radical (unpaired) electrons. The molecule has 0 unspecified atom stereocenters. The molecule has 0 aliphatic heterocycles. The number of carbonyl (C=O) groups excluding carboxylic acids is 1. The van der Waals surface area contributed by atoms with Gasteiger partial charge in [0, 0.05) is 18.6 Å². The summed E-state index contributed by atoms with van der Waals surface area (Å²) in [4.78, 5) is 30.3. The van der Waals surface area contributed by atoms with Crippen LogP contribution in [-0.2, 0) is 17.9 Å². The number of para-hydroxylation sites is 2. The standard InChI is InChI=1S/C18H16ClN3O2/c1-21(11-13-6-2-3-7-14(13)19)18(24)12-22-16-9-5-4-8-15(16)20-10-17(22)23/h2-10H,11-12H2,1H3. The summed E-state index contributed by atoms with van der Waals surface area (Å²) in [6, 6.07) is 14.6. The predicted octanol–water partition coefficient (Wildman–Crippen LogP) is 2.71. The maximum atomic E-state index is 12.5. The van der Waals surface area contributed by atoms with Crippen molar-refractivity contribution in [1.82, 2.24) is 14.5 Å². The summed E-state index contributed by atoms with van der Waals surface area (Å²) < 4.78 is 1.44. The van der Waals surface area contributed by atoms with Crippen LogP contribution < -0.4 is 5.56 Å². The fourth-order valence-electron chi connectivity index (χ4n) is 2.50. The van der Waals surface area contributed by atoms with Gasteiger partial charge in [0.15, 0.2) is 0 Å². The second kappa shape index (κ2) is 6.84. The molecular weight excluding hydrogens is 326 g/mol. The third-order valence-corrected chi connectivity index (χ3v) is 4.21. The molecule has 6 heteroatoms. The van der Waals surface area contributed by atoms with E-state index in [4.69, 9.17) is 11.6 Å². The number of nitrogens with zero attached hydrogens (tertiary/aromatic N) is 3. The maximum absolute atomic E-state index is 12.5. The quantitative estimate of drug-likeness (QED) is 0.733. The molecule has 3 rings (SSSR count). The van der Waals surface area contributed by atoms with Gasteiger partial charge < -0.3 is 4.90 Å². The van der Waals surface area contributed by atoms with Gasteiger partial charge >= 0.3 is 0 Å². The van der Waals surface area contributed by atoms with E-state index < -0.39 is 0 Å². The van der Waals surface area contributed by atoms with Crippen LogP contribution >= 0.6 is 11.6 Å². The number of carbonyl (C=O) groups is 1. The van der Waals surface area contributed by atoms with E-state index in [0.717, 1.165) is 5.56 Å². The summed E-state index contributed by atoms with van der Waals surface area (Å²) in [5.41, 5.74) is 1.89. The topological polar surface area (TPSA) is 55.2 Å². The number of hydrogen-bond acceptors (Lipinski definition) is 3. The summed E-state index contributed by atoms with van der Waals surface area (Å²) in [5, 5.41) is 0.615. The van der Waals surface area contributed by atoms with E-state index in [9.17, 15) is 9.59 Å². The van der Waals surface area contributed by atoms with Gasteiger partial charge in [-0.1, -0.05) is 41.9 Å². The van der Waals surface area contributed by atoms with E-state index in [2.05, 4.69) is 4.98 Å². The first-order valence-corrected chi connectivity index (χ1v) is 7.86. The van der Waals surface area contributed by atoms with E-state index in [1.54, 1.807) is 24.1 Å². The molecule has 5 nitrogen and oxygen atoms in total. The Balaban J connectivity index is 1.84. The maximum Gasteiger partial charge on any atom is 0.269 e. The number of benzene rings is 2. The fraction of sp³-hybridized carbons (Fsp3) is 0.167. The highest BCUT2D eigenvalue weighted by molar-refractivity contribution is 6.31. The Morgan fingerprint density at radius 3 is 2.67 bits per heavy atom. The van der Waals surface area contributed by atoms with Crippen LogP contribution in [-0.4, -0.2) is 27.4 Å². The van der Waals surface area contributed by atoms with Gasteiger partial charge in [-0.25, -0.2) is 4.98 Å². The lowest BCUT2D eigenvalue weighted by atomic mass is 10.2. The van der Waals surface area contributed by atoms with Crippen molar-refractivity contribution in [3.05, 3.63) is 75.7 Å². The van der Waals surface area contributed by atoms with Crippen LogP contribution in [0.5, 0.6) is 0 Å². The smallest absolute Gasteiger partial charge is 0.269 e. The van der Waals surface area contributed by atoms with Crippen molar-refractivity contribution in [2.45, 2.75) is 13.1 Å². The zero-order chi connectivity index (χ0) is 17.1. The molecule has 0 saturated heterocycles. The molecule has 0 spiro atoms. The van der Waals surface area contributed by atoms with Gasteiger partial charge in [0.1, 0.15) is 6.54 Å². The minimum atomic E-state index is -0.298. The van der Waals surface area contributed by atoms with Gasteiger partial charge in [-0.15, -0.1) is 0 Å². The Morgan fingerprint density at radius 2 is 1.88 bits per heavy atom. The van der Waals surface area contributed by atoms with E-state index in [0.29, 0.717) is 22.6 Å². The number of likely N-dealkylation sites (N-methyl/N-ethyl adjacent to an activating group) is 1. The summed E-state index contributed by atoms with van der Waals surface area (Å²) in [7, 11) is 1.69. The highest BCUT2D eigenvalue weighted by atomic mass is 35.5. The highest BCUT2D eigenvalue weighted by Crippen LogP contribution is 2.16. The molecule has 0 aliphatic rings. The first-order chi connectivity index (χ1) is 11.6. The van der Waals surface area contributed by atoms with Crippen molar-refractivity contribution in [3.63, 3.8) is 0 Å². The lowest BCUT2D eigenvalue weighted by Crippen LogP contribution is -2.33. The molecule has 1 amide bonds. The fourth-order valence-corrected chi connectivity index (χ4v) is 2.70. The molecule has 2 aromatic carbocycles. The zero-order valence-electron chi connectivity index (χ0n) is 13.1. The van der Waals surface area contributed by atoms with Crippen LogP contribution in [0.4, 0.5) is 0 Å². The van der Waals surface area contributed by atoms with Crippen molar-refractivity contribution >= 4 is 28.5 Å². The van der Waals surface area contributed by atoms with Crippen molar-refractivity contribution in [2.75, 3.05) is 7.05 Å². The molecule has 1 aromatic heterocycles. The molecule has 24 heavy (non-hydrogen) atoms. The molecule has 0 saturated carbocycles. The Hall–Kier alpha value is -2.66. The van der Waals surface area contributed by atoms with Crippen molar-refractivity contribution in [3.8, 4) is 0 Å². The van der Waals surface area contributed by atoms with Crippen molar-refractivity contribution < 1.29 is 4.79 Å². The summed E-state index contributed by atoms with van der Waals surface area (Å²) in [6.45, 7) is 0.346. The summed E-state index contributed by atoms with van der Waals surface area (Å²) >= 11 is 6.14. The molecule has 0 N–H and O–H groups in total. The van der Waals surface area contributed by atoms with Crippen LogP contribution in [0.2, 0.25) is 5.02 Å². The van der Waals surface area contributed by atoms with Gasteiger partial charge in [-0.3, -0.25) is 14.2 Å². The molecule has 3 aromatic rings. The minimum Gasteiger partial charge on any atom is -0.340 e. The van der Waals surface area contributed by atoms with Crippen LogP contribution in [0.3, 0.4) is 0 Å². The monoisotopic (exact) mass is 341 g/mol. The molecule has 0 atom stereocenters. The van der Waals surface area contributed by atoms with Crippen LogP contribution in [0.15, 0.2) is 59.5 Å². The number of hydrogen-bond donors (Lipinski definition) is 0. The number of rotatable bonds is 4. The Bertz CT molecular complexity index is 952. The lowest BCUT2D eigenvalue weighted by molar-refractivity contribution is -0.131. The number of amides is 1. The van der Waals surface area contributed by atoms with E-state index in [1.807, 2.05) is 36.4 Å². The first kappa shape index (κ1) is 16.2. The average Bonchev–Trinajstić information content (AvgIpc) is 2.59. The molecule has 0 bridgehead atoms. The minimum absolute atomic E-state index is 0.0389. The normalized spacial score (nSPS) is 10.8. The van der Waals surface area contributed by atoms with Gasteiger partial charge in [0.05, 0.1) is 17.2 Å². The second-order valence-electron chi connectivity index (χ2n) is 5.51. The first-order valence-electron chi connectivity index (χ1n) is 7.48. The second-order valence-corrected chi connectivity index (χ2v) is 5.92. The SMILES string of the molecule is CN(Cc1ccccc1Cl)C(=O)Cn1c(=O)cnc2ccccc21.